The molecule has 26 heavy (non-hydrogen) atoms. The summed E-state index contributed by atoms with van der Waals surface area (Å²) in [4.78, 5) is 2.46. The van der Waals surface area contributed by atoms with E-state index in [-0.39, 0.29) is 5.92 Å². The third kappa shape index (κ3) is 5.14. The molecule has 2 aromatic rings. The maximum Gasteiger partial charge on any atom is 0.132 e. The van der Waals surface area contributed by atoms with Crippen molar-refractivity contribution in [2.45, 2.75) is 57.4 Å². The van der Waals surface area contributed by atoms with Gasteiger partial charge in [0, 0.05) is 6.54 Å². The zero-order valence-corrected chi connectivity index (χ0v) is 15.6. The fourth-order valence-corrected chi connectivity index (χ4v) is 3.86. The highest BCUT2D eigenvalue weighted by Gasteiger charge is 2.35. The lowest BCUT2D eigenvalue weighted by molar-refractivity contribution is 0.199. The number of benzene rings is 2. The van der Waals surface area contributed by atoms with E-state index in [1.807, 2.05) is 0 Å². The summed E-state index contributed by atoms with van der Waals surface area (Å²) in [6.07, 6.45) is 0.223. The highest BCUT2D eigenvalue weighted by atomic mass is 19.2. The van der Waals surface area contributed by atoms with Crippen LogP contribution in [-0.2, 0) is 13.0 Å². The van der Waals surface area contributed by atoms with E-state index in [2.05, 4.69) is 66.4 Å². The van der Waals surface area contributed by atoms with Crippen LogP contribution in [0.15, 0.2) is 54.6 Å². The minimum Gasteiger partial charge on any atom is -0.299 e. The van der Waals surface area contributed by atoms with Gasteiger partial charge in [0.05, 0.1) is 0 Å². The first-order chi connectivity index (χ1) is 12.7. The molecule has 1 saturated carbocycles. The molecule has 1 nitrogen and oxygen atoms in total. The van der Waals surface area contributed by atoms with Gasteiger partial charge in [-0.1, -0.05) is 61.5 Å². The third-order valence-corrected chi connectivity index (χ3v) is 5.50. The van der Waals surface area contributed by atoms with E-state index < -0.39 is 12.3 Å². The SMILES string of the molecule is CCN(CCCc1ccc(C2CC(F)C(F)C2)cc1)Cc1ccccc1. The normalized spacial score (nSPS) is 22.8. The van der Waals surface area contributed by atoms with Gasteiger partial charge in [-0.25, -0.2) is 8.78 Å². The predicted octanol–water partition coefficient (Wildman–Crippen LogP) is 5.69. The van der Waals surface area contributed by atoms with Crippen molar-refractivity contribution in [3.8, 4) is 0 Å². The van der Waals surface area contributed by atoms with Crippen LogP contribution in [-0.4, -0.2) is 30.3 Å². The predicted molar refractivity (Wildman–Crippen MR) is 104 cm³/mol. The average molecular weight is 357 g/mol. The first-order valence-corrected chi connectivity index (χ1v) is 9.79. The molecule has 3 heteroatoms. The first kappa shape index (κ1) is 19.0. The van der Waals surface area contributed by atoms with Crippen LogP contribution in [0.4, 0.5) is 8.78 Å². The molecular weight excluding hydrogens is 328 g/mol. The monoisotopic (exact) mass is 357 g/mol. The summed E-state index contributed by atoms with van der Waals surface area (Å²) in [5.74, 6) is 0.0375. The van der Waals surface area contributed by atoms with E-state index in [4.69, 9.17) is 0 Å². The lowest BCUT2D eigenvalue weighted by atomic mass is 9.96. The van der Waals surface area contributed by atoms with Crippen molar-refractivity contribution in [2.24, 2.45) is 0 Å². The molecule has 3 rings (SSSR count). The topological polar surface area (TPSA) is 3.24 Å². The minimum absolute atomic E-state index is 0.0375. The van der Waals surface area contributed by atoms with E-state index in [0.29, 0.717) is 12.8 Å². The molecule has 0 spiro atoms. The van der Waals surface area contributed by atoms with Gasteiger partial charge in [-0.2, -0.15) is 0 Å². The molecule has 0 radical (unpaired) electrons. The number of rotatable bonds is 8. The van der Waals surface area contributed by atoms with Crippen LogP contribution in [0.3, 0.4) is 0 Å². The van der Waals surface area contributed by atoms with Crippen LogP contribution in [0, 0.1) is 0 Å². The zero-order chi connectivity index (χ0) is 18.4. The van der Waals surface area contributed by atoms with Gasteiger partial charge < -0.3 is 0 Å². The van der Waals surface area contributed by atoms with Gasteiger partial charge in [-0.05, 0) is 61.4 Å². The summed E-state index contributed by atoms with van der Waals surface area (Å²) in [5, 5.41) is 0. The van der Waals surface area contributed by atoms with Gasteiger partial charge in [-0.3, -0.25) is 4.90 Å². The Labute approximate surface area is 156 Å². The van der Waals surface area contributed by atoms with Crippen molar-refractivity contribution in [1.29, 1.82) is 0 Å². The molecule has 0 amide bonds. The lowest BCUT2D eigenvalue weighted by Crippen LogP contribution is -2.24. The van der Waals surface area contributed by atoms with E-state index in [9.17, 15) is 8.78 Å². The van der Waals surface area contributed by atoms with Crippen LogP contribution < -0.4 is 0 Å². The molecular formula is C23H29F2N. The molecule has 2 aromatic carbocycles. The van der Waals surface area contributed by atoms with Crippen molar-refractivity contribution in [1.82, 2.24) is 4.90 Å². The van der Waals surface area contributed by atoms with Gasteiger partial charge in [0.2, 0.25) is 0 Å². The Bertz CT molecular complexity index is 646. The smallest absolute Gasteiger partial charge is 0.132 e. The molecule has 2 atom stereocenters. The molecule has 0 heterocycles. The first-order valence-electron chi connectivity index (χ1n) is 9.79. The number of nitrogens with zero attached hydrogens (tertiary/aromatic N) is 1. The van der Waals surface area contributed by atoms with Crippen LogP contribution in [0.1, 0.15) is 48.8 Å². The van der Waals surface area contributed by atoms with E-state index in [0.717, 1.165) is 38.0 Å². The Morgan fingerprint density at radius 2 is 1.54 bits per heavy atom. The summed E-state index contributed by atoms with van der Waals surface area (Å²) in [6, 6.07) is 19.0. The molecule has 2 unspecified atom stereocenters. The fourth-order valence-electron chi connectivity index (χ4n) is 3.86. The minimum atomic E-state index is -1.29. The molecule has 0 N–H and O–H groups in total. The van der Waals surface area contributed by atoms with Gasteiger partial charge in [0.25, 0.3) is 0 Å². The summed E-state index contributed by atoms with van der Waals surface area (Å²) in [5.41, 5.74) is 3.74. The molecule has 140 valence electrons. The number of hydrogen-bond acceptors (Lipinski definition) is 1. The summed E-state index contributed by atoms with van der Waals surface area (Å²) in [6.45, 7) is 5.31. The maximum atomic E-state index is 13.4. The van der Waals surface area contributed by atoms with Crippen LogP contribution in [0.5, 0.6) is 0 Å². The van der Waals surface area contributed by atoms with Crippen LogP contribution >= 0.6 is 0 Å². The van der Waals surface area contributed by atoms with Crippen LogP contribution in [0.25, 0.3) is 0 Å². The fraction of sp³-hybridized carbons (Fsp3) is 0.478. The van der Waals surface area contributed by atoms with Crippen molar-refractivity contribution >= 4 is 0 Å². The molecule has 1 aliphatic carbocycles. The van der Waals surface area contributed by atoms with Gasteiger partial charge in [-0.15, -0.1) is 0 Å². The zero-order valence-electron chi connectivity index (χ0n) is 15.6. The molecule has 1 aliphatic rings. The van der Waals surface area contributed by atoms with Gasteiger partial charge in [0.15, 0.2) is 0 Å². The second kappa shape index (κ2) is 9.27. The maximum absolute atomic E-state index is 13.4. The second-order valence-electron chi connectivity index (χ2n) is 7.40. The van der Waals surface area contributed by atoms with Crippen molar-refractivity contribution < 1.29 is 8.78 Å². The van der Waals surface area contributed by atoms with Crippen molar-refractivity contribution in [3.63, 3.8) is 0 Å². The molecule has 0 saturated heterocycles. The van der Waals surface area contributed by atoms with Crippen molar-refractivity contribution in [2.75, 3.05) is 13.1 Å². The van der Waals surface area contributed by atoms with E-state index >= 15 is 0 Å². The summed E-state index contributed by atoms with van der Waals surface area (Å²) >= 11 is 0. The number of halogens is 2. The number of hydrogen-bond donors (Lipinski definition) is 0. The van der Waals surface area contributed by atoms with Gasteiger partial charge >= 0.3 is 0 Å². The lowest BCUT2D eigenvalue weighted by Gasteiger charge is -2.20. The Morgan fingerprint density at radius 1 is 0.885 bits per heavy atom. The molecule has 0 aliphatic heterocycles. The Balaban J connectivity index is 1.45. The number of alkyl halides is 2. The summed E-state index contributed by atoms with van der Waals surface area (Å²) < 4.78 is 26.8. The van der Waals surface area contributed by atoms with Gasteiger partial charge in [0.1, 0.15) is 12.3 Å². The quantitative estimate of drug-likeness (QED) is 0.586. The molecule has 1 fully saturated rings. The van der Waals surface area contributed by atoms with Crippen molar-refractivity contribution in [3.05, 3.63) is 71.3 Å². The molecule has 0 bridgehead atoms. The standard InChI is InChI=1S/C23H29F2N/c1-2-26(17-19-7-4-3-5-8-19)14-6-9-18-10-12-20(13-11-18)21-15-22(24)23(25)16-21/h3-5,7-8,10-13,21-23H,2,6,9,14-17H2,1H3. The Kier molecular flexibility index (Phi) is 6.79. The largest absolute Gasteiger partial charge is 0.299 e. The highest BCUT2D eigenvalue weighted by molar-refractivity contribution is 5.27. The highest BCUT2D eigenvalue weighted by Crippen LogP contribution is 2.38. The molecule has 0 aromatic heterocycles. The Morgan fingerprint density at radius 3 is 2.15 bits per heavy atom. The Hall–Kier alpha value is -1.74. The van der Waals surface area contributed by atoms with Crippen LogP contribution in [0.2, 0.25) is 0 Å². The average Bonchev–Trinajstić information content (AvgIpc) is 3.01. The second-order valence-corrected chi connectivity index (χ2v) is 7.40. The summed E-state index contributed by atoms with van der Waals surface area (Å²) in [7, 11) is 0. The number of aryl methyl sites for hydroxylation is 1. The van der Waals surface area contributed by atoms with E-state index in [1.165, 1.54) is 11.1 Å². The third-order valence-electron chi connectivity index (χ3n) is 5.50. The van der Waals surface area contributed by atoms with E-state index in [1.54, 1.807) is 0 Å².